The van der Waals surface area contributed by atoms with E-state index in [4.69, 9.17) is 4.74 Å². The Bertz CT molecular complexity index is 532. The molecule has 0 saturated carbocycles. The number of rotatable bonds is 3. The van der Waals surface area contributed by atoms with Gasteiger partial charge in [-0.3, -0.25) is 4.79 Å². The summed E-state index contributed by atoms with van der Waals surface area (Å²) in [7, 11) is 0. The highest BCUT2D eigenvalue weighted by Crippen LogP contribution is 2.24. The van der Waals surface area contributed by atoms with Crippen molar-refractivity contribution in [3.05, 3.63) is 53.2 Å². The number of pyridine rings is 1. The molecule has 3 nitrogen and oxygen atoms in total. The van der Waals surface area contributed by atoms with Crippen LogP contribution in [0.5, 0.6) is 11.6 Å². The summed E-state index contributed by atoms with van der Waals surface area (Å²) in [6.45, 7) is 4.02. The molecule has 1 aromatic heterocycles. The van der Waals surface area contributed by atoms with Gasteiger partial charge >= 0.3 is 0 Å². The van der Waals surface area contributed by atoms with Crippen molar-refractivity contribution in [2.45, 2.75) is 13.8 Å². The van der Waals surface area contributed by atoms with E-state index in [9.17, 15) is 4.79 Å². The monoisotopic (exact) mass is 227 g/mol. The molecule has 0 bridgehead atoms. The van der Waals surface area contributed by atoms with E-state index in [2.05, 4.69) is 11.1 Å². The minimum absolute atomic E-state index is 0.488. The van der Waals surface area contributed by atoms with Crippen LogP contribution in [0.15, 0.2) is 36.5 Å². The van der Waals surface area contributed by atoms with Gasteiger partial charge in [-0.05, 0) is 31.5 Å². The SMILES string of the molecule is Cc1ccc(Oc2ccc(C=O)cn2)c(C)c1. The Balaban J connectivity index is 2.22. The fourth-order valence-electron chi connectivity index (χ4n) is 1.55. The molecule has 17 heavy (non-hydrogen) atoms. The van der Waals surface area contributed by atoms with E-state index >= 15 is 0 Å². The first-order valence-corrected chi connectivity index (χ1v) is 5.35. The number of carbonyl (C=O) groups excluding carboxylic acids is 1. The van der Waals surface area contributed by atoms with Gasteiger partial charge in [0.25, 0.3) is 0 Å². The van der Waals surface area contributed by atoms with Gasteiger partial charge in [0.2, 0.25) is 5.88 Å². The molecule has 0 aliphatic rings. The second-order valence-corrected chi connectivity index (χ2v) is 3.92. The van der Waals surface area contributed by atoms with E-state index in [1.165, 1.54) is 11.8 Å². The molecule has 1 heterocycles. The average molecular weight is 227 g/mol. The minimum atomic E-state index is 0.488. The number of aldehydes is 1. The van der Waals surface area contributed by atoms with Crippen LogP contribution in [-0.4, -0.2) is 11.3 Å². The van der Waals surface area contributed by atoms with Crippen molar-refractivity contribution >= 4 is 6.29 Å². The first-order chi connectivity index (χ1) is 8.19. The van der Waals surface area contributed by atoms with Crippen LogP contribution in [-0.2, 0) is 0 Å². The van der Waals surface area contributed by atoms with Crippen molar-refractivity contribution in [3.63, 3.8) is 0 Å². The van der Waals surface area contributed by atoms with Crippen molar-refractivity contribution < 1.29 is 9.53 Å². The predicted octanol–water partition coefficient (Wildman–Crippen LogP) is 3.30. The van der Waals surface area contributed by atoms with Gasteiger partial charge in [-0.1, -0.05) is 17.7 Å². The van der Waals surface area contributed by atoms with Crippen LogP contribution < -0.4 is 4.74 Å². The lowest BCUT2D eigenvalue weighted by Crippen LogP contribution is -1.91. The standard InChI is InChI=1S/C14H13NO2/c1-10-3-5-13(11(2)7-10)17-14-6-4-12(9-16)8-15-14/h3-9H,1-2H3. The molecular weight excluding hydrogens is 214 g/mol. The third-order valence-electron chi connectivity index (χ3n) is 2.44. The summed E-state index contributed by atoms with van der Waals surface area (Å²) in [5, 5.41) is 0. The fourth-order valence-corrected chi connectivity index (χ4v) is 1.55. The Morgan fingerprint density at radius 3 is 2.59 bits per heavy atom. The predicted molar refractivity (Wildman–Crippen MR) is 65.6 cm³/mol. The zero-order valence-corrected chi connectivity index (χ0v) is 9.81. The zero-order chi connectivity index (χ0) is 12.3. The first-order valence-electron chi connectivity index (χ1n) is 5.35. The maximum Gasteiger partial charge on any atom is 0.219 e. The van der Waals surface area contributed by atoms with Crippen molar-refractivity contribution in [2.24, 2.45) is 0 Å². The third-order valence-corrected chi connectivity index (χ3v) is 2.44. The summed E-state index contributed by atoms with van der Waals surface area (Å²) >= 11 is 0. The van der Waals surface area contributed by atoms with E-state index in [0.717, 1.165) is 17.6 Å². The second kappa shape index (κ2) is 4.78. The molecule has 0 aliphatic carbocycles. The molecule has 0 saturated heterocycles. The van der Waals surface area contributed by atoms with Crippen molar-refractivity contribution in [3.8, 4) is 11.6 Å². The van der Waals surface area contributed by atoms with Gasteiger partial charge in [-0.2, -0.15) is 0 Å². The average Bonchev–Trinajstić information content (AvgIpc) is 2.34. The Labute approximate surface area is 100 Å². The van der Waals surface area contributed by atoms with Gasteiger partial charge in [0.1, 0.15) is 5.75 Å². The summed E-state index contributed by atoms with van der Waals surface area (Å²) in [6, 6.07) is 9.32. The smallest absolute Gasteiger partial charge is 0.219 e. The normalized spacial score (nSPS) is 10.0. The van der Waals surface area contributed by atoms with Crippen molar-refractivity contribution in [1.82, 2.24) is 4.98 Å². The molecule has 3 heteroatoms. The van der Waals surface area contributed by atoms with Crippen LogP contribution in [0, 0.1) is 13.8 Å². The molecular formula is C14H13NO2. The van der Waals surface area contributed by atoms with E-state index in [1.807, 2.05) is 26.0 Å². The van der Waals surface area contributed by atoms with Crippen molar-refractivity contribution in [2.75, 3.05) is 0 Å². The Morgan fingerprint density at radius 1 is 1.18 bits per heavy atom. The summed E-state index contributed by atoms with van der Waals surface area (Å²) < 4.78 is 5.64. The highest BCUT2D eigenvalue weighted by Gasteiger charge is 2.02. The number of aryl methyl sites for hydroxylation is 2. The number of nitrogens with zero attached hydrogens (tertiary/aromatic N) is 1. The largest absolute Gasteiger partial charge is 0.439 e. The number of hydrogen-bond donors (Lipinski definition) is 0. The van der Waals surface area contributed by atoms with Gasteiger partial charge in [0.15, 0.2) is 6.29 Å². The van der Waals surface area contributed by atoms with Gasteiger partial charge in [0, 0.05) is 17.8 Å². The second-order valence-electron chi connectivity index (χ2n) is 3.92. The Kier molecular flexibility index (Phi) is 3.19. The Hall–Kier alpha value is -2.16. The van der Waals surface area contributed by atoms with Crippen LogP contribution in [0.4, 0.5) is 0 Å². The number of benzene rings is 1. The van der Waals surface area contributed by atoms with Gasteiger partial charge in [0.05, 0.1) is 0 Å². The molecule has 86 valence electrons. The summed E-state index contributed by atoms with van der Waals surface area (Å²) in [6.07, 6.45) is 2.25. The maximum absolute atomic E-state index is 10.5. The van der Waals surface area contributed by atoms with E-state index in [-0.39, 0.29) is 0 Å². The highest BCUT2D eigenvalue weighted by molar-refractivity contribution is 5.74. The van der Waals surface area contributed by atoms with E-state index in [0.29, 0.717) is 11.4 Å². The molecule has 1 aromatic carbocycles. The Morgan fingerprint density at radius 2 is 2.00 bits per heavy atom. The molecule has 0 spiro atoms. The summed E-state index contributed by atoms with van der Waals surface area (Å²) in [4.78, 5) is 14.5. The maximum atomic E-state index is 10.5. The topological polar surface area (TPSA) is 39.2 Å². The van der Waals surface area contributed by atoms with Crippen LogP contribution in [0.2, 0.25) is 0 Å². The van der Waals surface area contributed by atoms with Crippen LogP contribution in [0.25, 0.3) is 0 Å². The molecule has 0 aliphatic heterocycles. The van der Waals surface area contributed by atoms with E-state index in [1.54, 1.807) is 12.1 Å². The highest BCUT2D eigenvalue weighted by atomic mass is 16.5. The van der Waals surface area contributed by atoms with Gasteiger partial charge < -0.3 is 4.74 Å². The quantitative estimate of drug-likeness (QED) is 0.755. The first kappa shape index (κ1) is 11.3. The van der Waals surface area contributed by atoms with Crippen LogP contribution in [0.1, 0.15) is 21.5 Å². The molecule has 2 aromatic rings. The lowest BCUT2D eigenvalue weighted by molar-refractivity contribution is 0.112. The number of carbonyl (C=O) groups is 1. The molecule has 0 radical (unpaired) electrons. The molecule has 2 rings (SSSR count). The number of aromatic nitrogens is 1. The van der Waals surface area contributed by atoms with Gasteiger partial charge in [-0.25, -0.2) is 4.98 Å². The summed E-state index contributed by atoms with van der Waals surface area (Å²) in [5.41, 5.74) is 2.79. The molecule has 0 amide bonds. The molecule has 0 atom stereocenters. The van der Waals surface area contributed by atoms with Crippen LogP contribution in [0.3, 0.4) is 0 Å². The lowest BCUT2D eigenvalue weighted by atomic mass is 10.1. The van der Waals surface area contributed by atoms with Crippen LogP contribution >= 0.6 is 0 Å². The fraction of sp³-hybridized carbons (Fsp3) is 0.143. The minimum Gasteiger partial charge on any atom is -0.439 e. The number of hydrogen-bond acceptors (Lipinski definition) is 3. The molecule has 0 N–H and O–H groups in total. The molecule has 0 unspecified atom stereocenters. The van der Waals surface area contributed by atoms with Gasteiger partial charge in [-0.15, -0.1) is 0 Å². The molecule has 0 fully saturated rings. The lowest BCUT2D eigenvalue weighted by Gasteiger charge is -2.08. The van der Waals surface area contributed by atoms with Crippen molar-refractivity contribution in [1.29, 1.82) is 0 Å². The third kappa shape index (κ3) is 2.69. The summed E-state index contributed by atoms with van der Waals surface area (Å²) in [5.74, 6) is 1.27. The zero-order valence-electron chi connectivity index (χ0n) is 9.81. The van der Waals surface area contributed by atoms with E-state index < -0.39 is 0 Å². The number of ether oxygens (including phenoxy) is 1.